The lowest BCUT2D eigenvalue weighted by Crippen LogP contribution is -2.29. The van der Waals surface area contributed by atoms with Gasteiger partial charge in [-0.3, -0.25) is 4.79 Å². The third-order valence-electron chi connectivity index (χ3n) is 3.18. The molecule has 1 atom stereocenters. The Labute approximate surface area is 123 Å². The van der Waals surface area contributed by atoms with Crippen LogP contribution in [0.15, 0.2) is 18.2 Å². The van der Waals surface area contributed by atoms with Crippen molar-refractivity contribution in [2.75, 3.05) is 20.2 Å². The van der Waals surface area contributed by atoms with Gasteiger partial charge in [0.05, 0.1) is 6.61 Å². The fraction of sp³-hybridized carbons (Fsp3) is 0.429. The van der Waals surface area contributed by atoms with Gasteiger partial charge in [0.1, 0.15) is 4.99 Å². The monoisotopic (exact) mass is 294 g/mol. The van der Waals surface area contributed by atoms with E-state index < -0.39 is 6.10 Å². The predicted molar refractivity (Wildman–Crippen MR) is 80.2 cm³/mol. The molecular formula is C14H18N2O3S. The van der Waals surface area contributed by atoms with Gasteiger partial charge >= 0.3 is 0 Å². The molecule has 1 amide bonds. The molecule has 1 aromatic rings. The van der Waals surface area contributed by atoms with E-state index in [4.69, 9.17) is 27.4 Å². The Bertz CT molecular complexity index is 533. The highest BCUT2D eigenvalue weighted by Gasteiger charge is 2.31. The van der Waals surface area contributed by atoms with Crippen LogP contribution in [0.1, 0.15) is 18.9 Å². The van der Waals surface area contributed by atoms with Crippen LogP contribution in [0.2, 0.25) is 0 Å². The fourth-order valence-corrected chi connectivity index (χ4v) is 2.21. The first-order valence-electron chi connectivity index (χ1n) is 6.51. The summed E-state index contributed by atoms with van der Waals surface area (Å²) >= 11 is 4.95. The van der Waals surface area contributed by atoms with Crippen molar-refractivity contribution in [1.82, 2.24) is 4.90 Å². The summed E-state index contributed by atoms with van der Waals surface area (Å²) in [6.07, 6.45) is 0.229. The smallest absolute Gasteiger partial charge is 0.263 e. The van der Waals surface area contributed by atoms with Crippen molar-refractivity contribution in [3.63, 3.8) is 0 Å². The minimum Gasteiger partial charge on any atom is -0.490 e. The van der Waals surface area contributed by atoms with Crippen LogP contribution >= 0.6 is 12.2 Å². The number of carbonyl (C=O) groups excluding carboxylic acids is 1. The molecule has 2 rings (SSSR count). The standard InChI is InChI=1S/C14H18N2O3S/c1-3-18-12-8-9(13(15)20)4-5-10(12)19-11-6-7-16(2)14(11)17/h4-5,8,11H,3,6-7H2,1-2H3,(H2,15,20). The SMILES string of the molecule is CCOc1cc(C(N)=S)ccc1OC1CCN(C)C1=O. The predicted octanol–water partition coefficient (Wildman–Crippen LogP) is 1.33. The number of likely N-dealkylation sites (N-methyl/N-ethyl adjacent to an activating group) is 1. The summed E-state index contributed by atoms with van der Waals surface area (Å²) in [5, 5.41) is 0. The van der Waals surface area contributed by atoms with E-state index in [0.717, 1.165) is 0 Å². The van der Waals surface area contributed by atoms with Gasteiger partial charge in [-0.05, 0) is 25.1 Å². The van der Waals surface area contributed by atoms with Crippen LogP contribution < -0.4 is 15.2 Å². The van der Waals surface area contributed by atoms with Gasteiger partial charge in [-0.2, -0.15) is 0 Å². The zero-order valence-electron chi connectivity index (χ0n) is 11.6. The molecule has 1 aliphatic rings. The maximum absolute atomic E-state index is 11.9. The molecule has 5 nitrogen and oxygen atoms in total. The van der Waals surface area contributed by atoms with E-state index in [-0.39, 0.29) is 5.91 Å². The third-order valence-corrected chi connectivity index (χ3v) is 3.41. The zero-order chi connectivity index (χ0) is 14.7. The first-order chi connectivity index (χ1) is 9.52. The summed E-state index contributed by atoms with van der Waals surface area (Å²) in [7, 11) is 1.77. The van der Waals surface area contributed by atoms with Crippen molar-refractivity contribution < 1.29 is 14.3 Å². The highest BCUT2D eigenvalue weighted by Crippen LogP contribution is 2.31. The molecule has 0 aromatic heterocycles. The number of likely N-dealkylation sites (tertiary alicyclic amines) is 1. The number of rotatable bonds is 5. The Morgan fingerprint density at radius 3 is 2.80 bits per heavy atom. The molecule has 0 aliphatic carbocycles. The van der Waals surface area contributed by atoms with Gasteiger partial charge in [-0.15, -0.1) is 0 Å². The van der Waals surface area contributed by atoms with Crippen molar-refractivity contribution in [2.24, 2.45) is 5.73 Å². The van der Waals surface area contributed by atoms with Crippen molar-refractivity contribution in [2.45, 2.75) is 19.4 Å². The molecule has 108 valence electrons. The van der Waals surface area contributed by atoms with Crippen LogP contribution in [-0.2, 0) is 4.79 Å². The van der Waals surface area contributed by atoms with Crippen LogP contribution in [-0.4, -0.2) is 42.1 Å². The van der Waals surface area contributed by atoms with E-state index in [9.17, 15) is 4.79 Å². The molecule has 2 N–H and O–H groups in total. The normalized spacial score (nSPS) is 18.2. The first-order valence-corrected chi connectivity index (χ1v) is 6.92. The average molecular weight is 294 g/mol. The van der Waals surface area contributed by atoms with Crippen LogP contribution in [0.25, 0.3) is 0 Å². The number of nitrogens with two attached hydrogens (primary N) is 1. The highest BCUT2D eigenvalue weighted by molar-refractivity contribution is 7.80. The topological polar surface area (TPSA) is 64.8 Å². The quantitative estimate of drug-likeness (QED) is 0.830. The molecule has 0 saturated carbocycles. The zero-order valence-corrected chi connectivity index (χ0v) is 12.4. The van der Waals surface area contributed by atoms with E-state index in [1.165, 1.54) is 0 Å². The fourth-order valence-electron chi connectivity index (χ4n) is 2.08. The number of ether oxygens (including phenoxy) is 2. The lowest BCUT2D eigenvalue weighted by Gasteiger charge is -2.16. The average Bonchev–Trinajstić information content (AvgIpc) is 2.73. The summed E-state index contributed by atoms with van der Waals surface area (Å²) < 4.78 is 11.3. The van der Waals surface area contributed by atoms with Gasteiger partial charge in [0.25, 0.3) is 5.91 Å². The Morgan fingerprint density at radius 1 is 1.50 bits per heavy atom. The summed E-state index contributed by atoms with van der Waals surface area (Å²) in [6, 6.07) is 5.25. The second kappa shape index (κ2) is 6.09. The minimum absolute atomic E-state index is 0.00845. The third kappa shape index (κ3) is 3.01. The molecule has 20 heavy (non-hydrogen) atoms. The number of hydrogen-bond donors (Lipinski definition) is 1. The van der Waals surface area contributed by atoms with E-state index in [1.807, 2.05) is 6.92 Å². The highest BCUT2D eigenvalue weighted by atomic mass is 32.1. The van der Waals surface area contributed by atoms with Gasteiger partial charge in [0.2, 0.25) is 0 Å². The summed E-state index contributed by atoms with van der Waals surface area (Å²) in [5.41, 5.74) is 6.32. The van der Waals surface area contributed by atoms with Crippen LogP contribution in [0.3, 0.4) is 0 Å². The molecule has 1 unspecified atom stereocenters. The van der Waals surface area contributed by atoms with Gasteiger partial charge in [0, 0.05) is 25.6 Å². The van der Waals surface area contributed by atoms with E-state index in [1.54, 1.807) is 30.1 Å². The molecule has 1 aliphatic heterocycles. The maximum Gasteiger partial charge on any atom is 0.263 e. The van der Waals surface area contributed by atoms with Crippen LogP contribution in [0, 0.1) is 0 Å². The molecule has 6 heteroatoms. The Balaban J connectivity index is 2.22. The molecular weight excluding hydrogens is 276 g/mol. The van der Waals surface area contributed by atoms with Crippen molar-refractivity contribution >= 4 is 23.1 Å². The van der Waals surface area contributed by atoms with E-state index >= 15 is 0 Å². The maximum atomic E-state index is 11.9. The number of amides is 1. The number of nitrogens with zero attached hydrogens (tertiary/aromatic N) is 1. The Hall–Kier alpha value is -1.82. The Morgan fingerprint density at radius 2 is 2.25 bits per heavy atom. The molecule has 0 spiro atoms. The second-order valence-electron chi connectivity index (χ2n) is 4.61. The van der Waals surface area contributed by atoms with Crippen LogP contribution in [0.5, 0.6) is 11.5 Å². The lowest BCUT2D eigenvalue weighted by atomic mass is 10.2. The van der Waals surface area contributed by atoms with Gasteiger partial charge in [-0.1, -0.05) is 12.2 Å². The summed E-state index contributed by atoms with van der Waals surface area (Å²) in [5.74, 6) is 1.09. The summed E-state index contributed by atoms with van der Waals surface area (Å²) in [6.45, 7) is 3.08. The second-order valence-corrected chi connectivity index (χ2v) is 5.05. The van der Waals surface area contributed by atoms with Gasteiger partial charge < -0.3 is 20.1 Å². The Kier molecular flexibility index (Phi) is 4.44. The van der Waals surface area contributed by atoms with Crippen molar-refractivity contribution in [1.29, 1.82) is 0 Å². The number of benzene rings is 1. The molecule has 1 saturated heterocycles. The molecule has 1 heterocycles. The summed E-state index contributed by atoms with van der Waals surface area (Å²) in [4.78, 5) is 13.8. The molecule has 1 aromatic carbocycles. The number of hydrogen-bond acceptors (Lipinski definition) is 4. The first kappa shape index (κ1) is 14.6. The largest absolute Gasteiger partial charge is 0.490 e. The van der Waals surface area contributed by atoms with Gasteiger partial charge in [0.15, 0.2) is 17.6 Å². The van der Waals surface area contributed by atoms with Crippen LogP contribution in [0.4, 0.5) is 0 Å². The van der Waals surface area contributed by atoms with Crippen molar-refractivity contribution in [3.8, 4) is 11.5 Å². The van der Waals surface area contributed by atoms with Gasteiger partial charge in [-0.25, -0.2) is 0 Å². The number of thiocarbonyl (C=S) groups is 1. The molecule has 0 bridgehead atoms. The lowest BCUT2D eigenvalue weighted by molar-refractivity contribution is -0.132. The van der Waals surface area contributed by atoms with E-state index in [0.29, 0.717) is 41.6 Å². The molecule has 0 radical (unpaired) electrons. The minimum atomic E-state index is -0.449. The van der Waals surface area contributed by atoms with E-state index in [2.05, 4.69) is 0 Å². The number of carbonyl (C=O) groups is 1. The molecule has 1 fully saturated rings. The van der Waals surface area contributed by atoms with Crippen molar-refractivity contribution in [3.05, 3.63) is 23.8 Å².